The fourth-order valence-corrected chi connectivity index (χ4v) is 2.29. The van der Waals surface area contributed by atoms with Crippen LogP contribution in [0.5, 0.6) is 0 Å². The fraction of sp³-hybridized carbons (Fsp3) is 0.357. The third-order valence-corrected chi connectivity index (χ3v) is 3.20. The van der Waals surface area contributed by atoms with Gasteiger partial charge in [0, 0.05) is 12.1 Å². The average molecular weight is 260 g/mol. The Morgan fingerprint density at radius 1 is 1.32 bits per heavy atom. The van der Waals surface area contributed by atoms with Crippen molar-refractivity contribution in [3.8, 4) is 0 Å². The summed E-state index contributed by atoms with van der Waals surface area (Å²) in [6.45, 7) is 0.565. The third kappa shape index (κ3) is 2.99. The van der Waals surface area contributed by atoms with Gasteiger partial charge in [-0.25, -0.2) is 0 Å². The Morgan fingerprint density at radius 2 is 2.05 bits per heavy atom. The van der Waals surface area contributed by atoms with Crippen molar-refractivity contribution in [1.29, 1.82) is 0 Å². The van der Waals surface area contributed by atoms with Crippen LogP contribution in [0.15, 0.2) is 30.3 Å². The highest BCUT2D eigenvalue weighted by Crippen LogP contribution is 2.20. The van der Waals surface area contributed by atoms with Crippen LogP contribution in [0.1, 0.15) is 23.2 Å². The third-order valence-electron chi connectivity index (χ3n) is 3.20. The summed E-state index contributed by atoms with van der Waals surface area (Å²) in [6, 6.07) is 8.44. The number of benzene rings is 1. The van der Waals surface area contributed by atoms with Gasteiger partial charge in [0.1, 0.15) is 12.3 Å². The molecule has 5 heteroatoms. The van der Waals surface area contributed by atoms with E-state index in [2.05, 4.69) is 5.32 Å². The minimum Gasteiger partial charge on any atom is -0.348 e. The van der Waals surface area contributed by atoms with E-state index in [0.29, 0.717) is 24.8 Å². The van der Waals surface area contributed by atoms with Gasteiger partial charge in [-0.05, 0) is 25.0 Å². The Bertz CT molecular complexity index is 473. The summed E-state index contributed by atoms with van der Waals surface area (Å²) in [7, 11) is 0. The number of likely N-dealkylation sites (tertiary alicyclic amines) is 1. The van der Waals surface area contributed by atoms with Crippen LogP contribution in [0.25, 0.3) is 0 Å². The molecule has 0 spiro atoms. The summed E-state index contributed by atoms with van der Waals surface area (Å²) in [6.07, 6.45) is 2.08. The Balaban J connectivity index is 2.08. The van der Waals surface area contributed by atoms with E-state index in [1.807, 2.05) is 6.07 Å². The van der Waals surface area contributed by atoms with Gasteiger partial charge in [0.2, 0.25) is 5.91 Å². The molecule has 2 amide bonds. The molecule has 2 rings (SSSR count). The molecule has 0 unspecified atom stereocenters. The molecule has 0 aromatic heterocycles. The van der Waals surface area contributed by atoms with Crippen LogP contribution in [0.4, 0.5) is 0 Å². The molecule has 1 aliphatic rings. The summed E-state index contributed by atoms with van der Waals surface area (Å²) in [5.74, 6) is -0.391. The Labute approximate surface area is 111 Å². The zero-order valence-electron chi connectivity index (χ0n) is 10.5. The molecule has 1 N–H and O–H groups in total. The maximum atomic E-state index is 12.3. The lowest BCUT2D eigenvalue weighted by Crippen LogP contribution is -2.46. The van der Waals surface area contributed by atoms with E-state index in [1.165, 1.54) is 0 Å². The first-order valence-electron chi connectivity index (χ1n) is 6.31. The number of hydrogen-bond acceptors (Lipinski definition) is 3. The molecule has 0 bridgehead atoms. The molecular formula is C14H16N2O3. The Hall–Kier alpha value is -2.17. The molecule has 1 atom stereocenters. The SMILES string of the molecule is O=CCNC(=O)[C@@H]1CCCN1C(=O)c1ccccc1. The van der Waals surface area contributed by atoms with Crippen molar-refractivity contribution in [1.82, 2.24) is 10.2 Å². The summed E-state index contributed by atoms with van der Waals surface area (Å²) in [5, 5.41) is 2.51. The van der Waals surface area contributed by atoms with Crippen molar-refractivity contribution in [2.24, 2.45) is 0 Å². The molecule has 0 aliphatic carbocycles. The lowest BCUT2D eigenvalue weighted by Gasteiger charge is -2.23. The van der Waals surface area contributed by atoms with Gasteiger partial charge in [-0.2, -0.15) is 0 Å². The molecule has 0 saturated carbocycles. The molecule has 1 heterocycles. The van der Waals surface area contributed by atoms with Crippen LogP contribution >= 0.6 is 0 Å². The zero-order valence-corrected chi connectivity index (χ0v) is 10.5. The fourth-order valence-electron chi connectivity index (χ4n) is 2.29. The number of nitrogens with zero attached hydrogens (tertiary/aromatic N) is 1. The number of carbonyl (C=O) groups excluding carboxylic acids is 3. The van der Waals surface area contributed by atoms with Crippen LogP contribution in [-0.2, 0) is 9.59 Å². The van der Waals surface area contributed by atoms with Gasteiger partial charge in [-0.1, -0.05) is 18.2 Å². The number of hydrogen-bond donors (Lipinski definition) is 1. The summed E-state index contributed by atoms with van der Waals surface area (Å²) >= 11 is 0. The van der Waals surface area contributed by atoms with E-state index < -0.39 is 6.04 Å². The maximum Gasteiger partial charge on any atom is 0.254 e. The van der Waals surface area contributed by atoms with Crippen LogP contribution in [0, 0.1) is 0 Å². The molecule has 100 valence electrons. The normalized spacial score (nSPS) is 18.1. The molecule has 1 aromatic rings. The summed E-state index contributed by atoms with van der Waals surface area (Å²) < 4.78 is 0. The highest BCUT2D eigenvalue weighted by molar-refractivity contribution is 5.98. The quantitative estimate of drug-likeness (QED) is 0.806. The van der Waals surface area contributed by atoms with E-state index in [9.17, 15) is 14.4 Å². The lowest BCUT2D eigenvalue weighted by molar-refractivity contribution is -0.125. The van der Waals surface area contributed by atoms with Crippen molar-refractivity contribution in [2.75, 3.05) is 13.1 Å². The first kappa shape index (κ1) is 13.3. The number of rotatable bonds is 4. The molecule has 1 fully saturated rings. The van der Waals surface area contributed by atoms with Gasteiger partial charge in [0.05, 0.1) is 6.54 Å². The van der Waals surface area contributed by atoms with Crippen LogP contribution in [0.2, 0.25) is 0 Å². The van der Waals surface area contributed by atoms with Gasteiger partial charge in [-0.3, -0.25) is 9.59 Å². The van der Waals surface area contributed by atoms with E-state index in [-0.39, 0.29) is 18.4 Å². The Kier molecular flexibility index (Phi) is 4.28. The largest absolute Gasteiger partial charge is 0.348 e. The van der Waals surface area contributed by atoms with Gasteiger partial charge in [0.15, 0.2) is 0 Å². The van der Waals surface area contributed by atoms with Gasteiger partial charge in [-0.15, -0.1) is 0 Å². The van der Waals surface area contributed by atoms with E-state index in [4.69, 9.17) is 0 Å². The second kappa shape index (κ2) is 6.13. The molecule has 19 heavy (non-hydrogen) atoms. The van der Waals surface area contributed by atoms with Crippen molar-refractivity contribution in [2.45, 2.75) is 18.9 Å². The first-order chi connectivity index (χ1) is 9.24. The highest BCUT2D eigenvalue weighted by atomic mass is 16.2. The standard InChI is InChI=1S/C14H16N2O3/c17-10-8-15-13(18)12-7-4-9-16(12)14(19)11-5-2-1-3-6-11/h1-3,5-6,10,12H,4,7-9H2,(H,15,18)/t12-/m0/s1. The van der Waals surface area contributed by atoms with Gasteiger partial charge >= 0.3 is 0 Å². The summed E-state index contributed by atoms with van der Waals surface area (Å²) in [4.78, 5) is 36.0. The number of aldehydes is 1. The number of amides is 2. The van der Waals surface area contributed by atoms with Crippen molar-refractivity contribution >= 4 is 18.1 Å². The van der Waals surface area contributed by atoms with Crippen molar-refractivity contribution in [3.05, 3.63) is 35.9 Å². The van der Waals surface area contributed by atoms with E-state index >= 15 is 0 Å². The monoisotopic (exact) mass is 260 g/mol. The van der Waals surface area contributed by atoms with Gasteiger partial charge < -0.3 is 15.0 Å². The molecule has 1 aliphatic heterocycles. The predicted octanol–water partition coefficient (Wildman–Crippen LogP) is 0.606. The van der Waals surface area contributed by atoms with E-state index in [1.54, 1.807) is 29.2 Å². The predicted molar refractivity (Wildman–Crippen MR) is 69.6 cm³/mol. The van der Waals surface area contributed by atoms with Crippen LogP contribution < -0.4 is 5.32 Å². The van der Waals surface area contributed by atoms with Crippen LogP contribution in [-0.4, -0.2) is 42.1 Å². The van der Waals surface area contributed by atoms with Crippen molar-refractivity contribution < 1.29 is 14.4 Å². The second-order valence-electron chi connectivity index (χ2n) is 4.43. The first-order valence-corrected chi connectivity index (χ1v) is 6.31. The minimum absolute atomic E-state index is 0.0112. The zero-order chi connectivity index (χ0) is 13.7. The molecular weight excluding hydrogens is 244 g/mol. The number of carbonyl (C=O) groups is 3. The van der Waals surface area contributed by atoms with Gasteiger partial charge in [0.25, 0.3) is 5.91 Å². The van der Waals surface area contributed by atoms with E-state index in [0.717, 1.165) is 6.42 Å². The smallest absolute Gasteiger partial charge is 0.254 e. The lowest BCUT2D eigenvalue weighted by atomic mass is 10.1. The Morgan fingerprint density at radius 3 is 2.74 bits per heavy atom. The van der Waals surface area contributed by atoms with Crippen molar-refractivity contribution in [3.63, 3.8) is 0 Å². The molecule has 1 aromatic carbocycles. The average Bonchev–Trinajstić information content (AvgIpc) is 2.94. The number of nitrogens with one attached hydrogen (secondary N) is 1. The topological polar surface area (TPSA) is 66.5 Å². The van der Waals surface area contributed by atoms with Crippen LogP contribution in [0.3, 0.4) is 0 Å². The maximum absolute atomic E-state index is 12.3. The highest BCUT2D eigenvalue weighted by Gasteiger charge is 2.34. The minimum atomic E-state index is -0.465. The molecule has 1 saturated heterocycles. The molecule has 0 radical (unpaired) electrons. The molecule has 5 nitrogen and oxygen atoms in total. The second-order valence-corrected chi connectivity index (χ2v) is 4.43. The summed E-state index contributed by atoms with van der Waals surface area (Å²) in [5.41, 5.74) is 0.581.